The third-order valence-electron chi connectivity index (χ3n) is 3.94. The molecule has 27 heavy (non-hydrogen) atoms. The van der Waals surface area contributed by atoms with Crippen LogP contribution >= 0.6 is 0 Å². The van der Waals surface area contributed by atoms with Gasteiger partial charge >= 0.3 is 5.97 Å². The normalized spacial score (nSPS) is 12.7. The Morgan fingerprint density at radius 1 is 1.11 bits per heavy atom. The Hall–Kier alpha value is -3.01. The summed E-state index contributed by atoms with van der Waals surface area (Å²) in [6.45, 7) is 0. The summed E-state index contributed by atoms with van der Waals surface area (Å²) in [6, 6.07) is 14.7. The number of sulfonamides is 1. The number of nitrogens with zero attached hydrogens (tertiary/aromatic N) is 1. The Morgan fingerprint density at radius 2 is 1.74 bits per heavy atom. The highest BCUT2D eigenvalue weighted by atomic mass is 32.2. The minimum Gasteiger partial charge on any atom is -0.479 e. The maximum atomic E-state index is 11.5. The van der Waals surface area contributed by atoms with E-state index in [4.69, 9.17) is 14.4 Å². The highest BCUT2D eigenvalue weighted by Crippen LogP contribution is 2.38. The van der Waals surface area contributed by atoms with E-state index in [1.165, 1.54) is 31.4 Å². The van der Waals surface area contributed by atoms with Gasteiger partial charge in [0.15, 0.2) is 5.76 Å². The molecule has 1 atom stereocenters. The topological polar surface area (TPSA) is 133 Å². The molecule has 1 unspecified atom stereocenters. The summed E-state index contributed by atoms with van der Waals surface area (Å²) in [7, 11) is -2.61. The Balaban J connectivity index is 2.22. The van der Waals surface area contributed by atoms with Gasteiger partial charge in [-0.3, -0.25) is 0 Å². The van der Waals surface area contributed by atoms with Gasteiger partial charge in [0, 0.05) is 12.7 Å². The molecule has 9 heteroatoms. The van der Waals surface area contributed by atoms with Gasteiger partial charge in [0.2, 0.25) is 16.1 Å². The molecule has 0 saturated carbocycles. The van der Waals surface area contributed by atoms with E-state index in [1.54, 1.807) is 12.1 Å². The number of carboxylic acids is 1. The van der Waals surface area contributed by atoms with Crippen molar-refractivity contribution in [2.45, 2.75) is 11.0 Å². The fourth-order valence-electron chi connectivity index (χ4n) is 2.69. The van der Waals surface area contributed by atoms with E-state index in [9.17, 15) is 18.3 Å². The van der Waals surface area contributed by atoms with E-state index < -0.39 is 22.1 Å². The number of hydrogen-bond acceptors (Lipinski definition) is 6. The predicted molar refractivity (Wildman–Crippen MR) is 96.1 cm³/mol. The molecule has 0 fully saturated rings. The first-order valence-corrected chi connectivity index (χ1v) is 9.31. The molecule has 0 radical (unpaired) electrons. The minimum atomic E-state index is -3.85. The summed E-state index contributed by atoms with van der Waals surface area (Å²) < 4.78 is 33.3. The number of benzene rings is 2. The van der Waals surface area contributed by atoms with Gasteiger partial charge in [0.1, 0.15) is 5.69 Å². The van der Waals surface area contributed by atoms with Crippen LogP contribution in [0, 0.1) is 0 Å². The van der Waals surface area contributed by atoms with Crippen LogP contribution in [0.2, 0.25) is 0 Å². The number of carboxylic acid groups (broad SMARTS) is 1. The number of nitrogens with two attached hydrogens (primary N) is 1. The number of methoxy groups -OCH3 is 1. The van der Waals surface area contributed by atoms with Crippen molar-refractivity contribution in [3.05, 3.63) is 60.4 Å². The molecule has 0 amide bonds. The van der Waals surface area contributed by atoms with Gasteiger partial charge in [-0.05, 0) is 17.7 Å². The lowest BCUT2D eigenvalue weighted by Gasteiger charge is -2.10. The van der Waals surface area contributed by atoms with E-state index in [2.05, 4.69) is 5.16 Å². The Kier molecular flexibility index (Phi) is 5.08. The van der Waals surface area contributed by atoms with Crippen molar-refractivity contribution in [2.75, 3.05) is 7.11 Å². The molecular formula is C18H16N2O6S. The van der Waals surface area contributed by atoms with Crippen LogP contribution in [-0.4, -0.2) is 31.8 Å². The average Bonchev–Trinajstić information content (AvgIpc) is 3.07. The first-order chi connectivity index (χ1) is 12.8. The molecule has 0 bridgehead atoms. The lowest BCUT2D eigenvalue weighted by atomic mass is 9.97. The second-order valence-electron chi connectivity index (χ2n) is 5.66. The van der Waals surface area contributed by atoms with Crippen LogP contribution in [-0.2, 0) is 19.6 Å². The van der Waals surface area contributed by atoms with Crippen molar-refractivity contribution in [3.8, 4) is 22.4 Å². The van der Waals surface area contributed by atoms with Crippen molar-refractivity contribution < 1.29 is 27.6 Å². The first-order valence-electron chi connectivity index (χ1n) is 7.76. The van der Waals surface area contributed by atoms with Crippen molar-refractivity contribution in [1.29, 1.82) is 0 Å². The number of aliphatic carboxylic acids is 1. The van der Waals surface area contributed by atoms with E-state index in [0.29, 0.717) is 22.4 Å². The van der Waals surface area contributed by atoms with Gasteiger partial charge in [-0.25, -0.2) is 18.4 Å². The first kappa shape index (κ1) is 18.8. The van der Waals surface area contributed by atoms with Crippen molar-refractivity contribution >= 4 is 16.0 Å². The van der Waals surface area contributed by atoms with Crippen LogP contribution in [0.15, 0.2) is 64.0 Å². The van der Waals surface area contributed by atoms with Gasteiger partial charge in [-0.1, -0.05) is 47.6 Å². The number of carbonyl (C=O) groups is 1. The van der Waals surface area contributed by atoms with Gasteiger partial charge in [-0.2, -0.15) is 0 Å². The summed E-state index contributed by atoms with van der Waals surface area (Å²) in [5.41, 5.74) is 2.03. The predicted octanol–water partition coefficient (Wildman–Crippen LogP) is 2.43. The smallest absolute Gasteiger partial charge is 0.340 e. The molecule has 0 saturated heterocycles. The number of aromatic nitrogens is 1. The Bertz CT molecular complexity index is 1060. The number of rotatable bonds is 6. The molecule has 140 valence electrons. The zero-order chi connectivity index (χ0) is 19.6. The Morgan fingerprint density at radius 3 is 2.26 bits per heavy atom. The van der Waals surface area contributed by atoms with E-state index in [-0.39, 0.29) is 10.7 Å². The number of hydrogen-bond donors (Lipinski definition) is 2. The molecule has 2 aromatic carbocycles. The van der Waals surface area contributed by atoms with Gasteiger partial charge in [0.05, 0.1) is 10.5 Å². The number of primary sulfonamides is 1. The van der Waals surface area contributed by atoms with Crippen LogP contribution in [0.1, 0.15) is 11.9 Å². The highest BCUT2D eigenvalue weighted by molar-refractivity contribution is 7.89. The number of ether oxygens (including phenoxy) is 1. The van der Waals surface area contributed by atoms with E-state index in [1.807, 2.05) is 18.2 Å². The van der Waals surface area contributed by atoms with Crippen molar-refractivity contribution in [3.63, 3.8) is 0 Å². The van der Waals surface area contributed by atoms with Crippen molar-refractivity contribution in [1.82, 2.24) is 5.16 Å². The van der Waals surface area contributed by atoms with Crippen LogP contribution in [0.4, 0.5) is 0 Å². The van der Waals surface area contributed by atoms with Gasteiger partial charge in [0.25, 0.3) is 0 Å². The molecule has 3 rings (SSSR count). The third kappa shape index (κ3) is 3.75. The standard InChI is InChI=1S/C18H16N2O6S/c1-25-17(18(21)22)16-14(11-7-9-13(10-8-11)27(19,23)24)15(20-26-16)12-5-3-2-4-6-12/h2-10,17H,1H3,(H,21,22)(H2,19,23,24). The van der Waals surface area contributed by atoms with Gasteiger partial charge in [-0.15, -0.1) is 0 Å². The molecule has 0 aliphatic heterocycles. The fraction of sp³-hybridized carbons (Fsp3) is 0.111. The largest absolute Gasteiger partial charge is 0.479 e. The lowest BCUT2D eigenvalue weighted by Crippen LogP contribution is -2.14. The van der Waals surface area contributed by atoms with Crippen LogP contribution < -0.4 is 5.14 Å². The zero-order valence-electron chi connectivity index (χ0n) is 14.2. The Labute approximate surface area is 155 Å². The molecule has 0 aliphatic rings. The van der Waals surface area contributed by atoms with Gasteiger partial charge < -0.3 is 14.4 Å². The quantitative estimate of drug-likeness (QED) is 0.662. The molecule has 0 aliphatic carbocycles. The SMILES string of the molecule is COC(C(=O)O)c1onc(-c2ccccc2)c1-c1ccc(S(N)(=O)=O)cc1. The van der Waals surface area contributed by atoms with E-state index >= 15 is 0 Å². The molecule has 3 aromatic rings. The molecule has 3 N–H and O–H groups in total. The summed E-state index contributed by atoms with van der Waals surface area (Å²) in [4.78, 5) is 11.5. The lowest BCUT2D eigenvalue weighted by molar-refractivity contribution is -0.150. The maximum absolute atomic E-state index is 11.5. The van der Waals surface area contributed by atoms with Crippen molar-refractivity contribution in [2.24, 2.45) is 5.14 Å². The molecule has 1 heterocycles. The molecule has 0 spiro atoms. The minimum absolute atomic E-state index is 0.00667. The summed E-state index contributed by atoms with van der Waals surface area (Å²) in [6.07, 6.45) is -1.37. The summed E-state index contributed by atoms with van der Waals surface area (Å²) in [5, 5.41) is 18.6. The van der Waals surface area contributed by atoms with E-state index in [0.717, 1.165) is 0 Å². The molecule has 1 aromatic heterocycles. The second-order valence-corrected chi connectivity index (χ2v) is 7.22. The summed E-state index contributed by atoms with van der Waals surface area (Å²) in [5.74, 6) is -1.23. The third-order valence-corrected chi connectivity index (χ3v) is 4.86. The van der Waals surface area contributed by atoms with Crippen LogP contribution in [0.3, 0.4) is 0 Å². The van der Waals surface area contributed by atoms with Crippen LogP contribution in [0.5, 0.6) is 0 Å². The zero-order valence-corrected chi connectivity index (χ0v) is 15.0. The average molecular weight is 388 g/mol. The molecular weight excluding hydrogens is 372 g/mol. The highest BCUT2D eigenvalue weighted by Gasteiger charge is 2.31. The molecule has 8 nitrogen and oxygen atoms in total. The second kappa shape index (κ2) is 7.31. The monoisotopic (exact) mass is 388 g/mol. The van der Waals surface area contributed by atoms with Crippen LogP contribution in [0.25, 0.3) is 22.4 Å². The maximum Gasteiger partial charge on any atom is 0.340 e. The fourth-order valence-corrected chi connectivity index (χ4v) is 3.20. The summed E-state index contributed by atoms with van der Waals surface area (Å²) >= 11 is 0.